The summed E-state index contributed by atoms with van der Waals surface area (Å²) in [6, 6.07) is 10.0. The number of anilines is 2. The number of rotatable bonds is 5. The van der Waals surface area contributed by atoms with Gasteiger partial charge in [-0.3, -0.25) is 0 Å². The smallest absolute Gasteiger partial charge is 0.183 e. The van der Waals surface area contributed by atoms with Gasteiger partial charge in [-0.1, -0.05) is 6.07 Å². The zero-order valence-electron chi connectivity index (χ0n) is 13.7. The number of pyridine rings is 1. The summed E-state index contributed by atoms with van der Waals surface area (Å²) in [7, 11) is 0. The molecule has 4 aromatic rings. The zero-order valence-corrected chi connectivity index (χ0v) is 13.7. The molecule has 8 heteroatoms. The highest BCUT2D eigenvalue weighted by Gasteiger charge is 2.09. The SMILES string of the molecule is NNc1ncc(-c2ccc(F)cc2)nc1NCc1ccc2nccn2c1. The van der Waals surface area contributed by atoms with E-state index in [1.165, 1.54) is 12.1 Å². The van der Waals surface area contributed by atoms with Gasteiger partial charge in [0.1, 0.15) is 11.5 Å². The van der Waals surface area contributed by atoms with Gasteiger partial charge >= 0.3 is 0 Å². The Morgan fingerprint density at radius 2 is 1.88 bits per heavy atom. The second-order valence-corrected chi connectivity index (χ2v) is 5.69. The number of nitrogen functional groups attached to an aromatic ring is 1. The van der Waals surface area contributed by atoms with Crippen molar-refractivity contribution >= 4 is 17.3 Å². The van der Waals surface area contributed by atoms with Crippen molar-refractivity contribution < 1.29 is 4.39 Å². The fourth-order valence-corrected chi connectivity index (χ4v) is 2.63. The molecule has 0 bridgehead atoms. The average molecular weight is 349 g/mol. The van der Waals surface area contributed by atoms with Crippen molar-refractivity contribution in [1.29, 1.82) is 0 Å². The third-order valence-electron chi connectivity index (χ3n) is 3.96. The van der Waals surface area contributed by atoms with Crippen LogP contribution in [-0.4, -0.2) is 19.4 Å². The third kappa shape index (κ3) is 3.17. The van der Waals surface area contributed by atoms with Crippen LogP contribution in [0.2, 0.25) is 0 Å². The molecule has 3 aromatic heterocycles. The molecule has 1 aromatic carbocycles. The Labute approximate surface area is 148 Å². The normalized spacial score (nSPS) is 10.8. The summed E-state index contributed by atoms with van der Waals surface area (Å²) in [4.78, 5) is 13.1. The van der Waals surface area contributed by atoms with Crippen LogP contribution in [0.15, 0.2) is 61.2 Å². The summed E-state index contributed by atoms with van der Waals surface area (Å²) in [5, 5.41) is 3.23. The monoisotopic (exact) mass is 349 g/mol. The lowest BCUT2D eigenvalue weighted by atomic mass is 10.1. The number of nitrogens with zero attached hydrogens (tertiary/aromatic N) is 4. The van der Waals surface area contributed by atoms with Crippen LogP contribution in [0.25, 0.3) is 16.9 Å². The predicted molar refractivity (Wildman–Crippen MR) is 97.8 cm³/mol. The third-order valence-corrected chi connectivity index (χ3v) is 3.96. The van der Waals surface area contributed by atoms with Crippen LogP contribution in [0.3, 0.4) is 0 Å². The summed E-state index contributed by atoms with van der Waals surface area (Å²) in [5.41, 5.74) is 5.86. The van der Waals surface area contributed by atoms with Gasteiger partial charge in [0.25, 0.3) is 0 Å². The van der Waals surface area contributed by atoms with E-state index in [2.05, 4.69) is 25.7 Å². The summed E-state index contributed by atoms with van der Waals surface area (Å²) in [6.07, 6.45) is 7.22. The van der Waals surface area contributed by atoms with E-state index < -0.39 is 0 Å². The van der Waals surface area contributed by atoms with Crippen molar-refractivity contribution in [1.82, 2.24) is 19.4 Å². The molecule has 0 saturated heterocycles. The Balaban J connectivity index is 1.59. The van der Waals surface area contributed by atoms with Gasteiger partial charge in [0.15, 0.2) is 11.6 Å². The number of aromatic nitrogens is 4. The number of hydrogen-bond acceptors (Lipinski definition) is 6. The molecule has 0 aliphatic rings. The average Bonchev–Trinajstić information content (AvgIpc) is 3.14. The molecule has 26 heavy (non-hydrogen) atoms. The minimum absolute atomic E-state index is 0.296. The number of nitrogens with one attached hydrogen (secondary N) is 2. The lowest BCUT2D eigenvalue weighted by molar-refractivity contribution is 0.628. The van der Waals surface area contributed by atoms with Gasteiger partial charge in [-0.15, -0.1) is 0 Å². The molecule has 0 atom stereocenters. The van der Waals surface area contributed by atoms with Gasteiger partial charge in [0.05, 0.1) is 11.9 Å². The molecule has 0 aliphatic heterocycles. The lowest BCUT2D eigenvalue weighted by Crippen LogP contribution is -2.13. The minimum Gasteiger partial charge on any atom is -0.363 e. The number of nitrogens with two attached hydrogens (primary N) is 1. The minimum atomic E-state index is -0.296. The van der Waals surface area contributed by atoms with Crippen LogP contribution >= 0.6 is 0 Å². The van der Waals surface area contributed by atoms with Gasteiger partial charge in [-0.05, 0) is 35.9 Å². The van der Waals surface area contributed by atoms with E-state index in [0.29, 0.717) is 23.9 Å². The van der Waals surface area contributed by atoms with Crippen molar-refractivity contribution in [2.24, 2.45) is 5.84 Å². The molecule has 4 rings (SSSR count). The predicted octanol–water partition coefficient (Wildman–Crippen LogP) is 2.83. The van der Waals surface area contributed by atoms with Crippen LogP contribution < -0.4 is 16.6 Å². The first-order valence-corrected chi connectivity index (χ1v) is 7.98. The molecule has 0 radical (unpaired) electrons. The number of benzene rings is 1. The molecule has 0 unspecified atom stereocenters. The highest BCUT2D eigenvalue weighted by molar-refractivity contribution is 5.66. The number of hydrazine groups is 1. The first kappa shape index (κ1) is 16.0. The quantitative estimate of drug-likeness (QED) is 0.379. The molecular weight excluding hydrogens is 333 g/mol. The van der Waals surface area contributed by atoms with Crippen molar-refractivity contribution in [2.75, 3.05) is 10.7 Å². The maximum atomic E-state index is 13.1. The van der Waals surface area contributed by atoms with Gasteiger partial charge in [-0.2, -0.15) is 0 Å². The number of imidazole rings is 1. The van der Waals surface area contributed by atoms with Gasteiger partial charge < -0.3 is 15.1 Å². The summed E-state index contributed by atoms with van der Waals surface area (Å²) in [5.74, 6) is 6.18. The Morgan fingerprint density at radius 1 is 1.04 bits per heavy atom. The molecular formula is C18H16FN7. The topological polar surface area (TPSA) is 93.2 Å². The highest BCUT2D eigenvalue weighted by Crippen LogP contribution is 2.23. The number of fused-ring (bicyclic) bond motifs is 1. The van der Waals surface area contributed by atoms with Crippen LogP contribution in [0.5, 0.6) is 0 Å². The molecule has 0 fully saturated rings. The Kier molecular flexibility index (Phi) is 4.16. The van der Waals surface area contributed by atoms with E-state index in [-0.39, 0.29) is 5.82 Å². The number of halogens is 1. The summed E-state index contributed by atoms with van der Waals surface area (Å²) < 4.78 is 15.1. The second-order valence-electron chi connectivity index (χ2n) is 5.69. The van der Waals surface area contributed by atoms with Gasteiger partial charge in [0.2, 0.25) is 0 Å². The fraction of sp³-hybridized carbons (Fsp3) is 0.0556. The largest absolute Gasteiger partial charge is 0.363 e. The maximum absolute atomic E-state index is 13.1. The Hall–Kier alpha value is -3.52. The molecule has 4 N–H and O–H groups in total. The molecule has 0 aliphatic carbocycles. The van der Waals surface area contributed by atoms with Crippen LogP contribution in [0, 0.1) is 5.82 Å². The Morgan fingerprint density at radius 3 is 2.69 bits per heavy atom. The first-order valence-electron chi connectivity index (χ1n) is 7.98. The Bertz CT molecular complexity index is 1040. The highest BCUT2D eigenvalue weighted by atomic mass is 19.1. The standard InChI is InChI=1S/C18H16FN7/c19-14-4-2-13(3-5-14)15-10-23-18(25-20)17(24-15)22-9-12-1-6-16-21-7-8-26(16)11-12/h1-8,10-11H,9,20H2,(H,22,24)(H,23,25). The number of hydrogen-bond donors (Lipinski definition) is 3. The van der Waals surface area contributed by atoms with E-state index in [4.69, 9.17) is 5.84 Å². The summed E-state index contributed by atoms with van der Waals surface area (Å²) >= 11 is 0. The summed E-state index contributed by atoms with van der Waals surface area (Å²) in [6.45, 7) is 0.532. The molecule has 0 amide bonds. The first-order chi connectivity index (χ1) is 12.7. The maximum Gasteiger partial charge on any atom is 0.183 e. The van der Waals surface area contributed by atoms with E-state index >= 15 is 0 Å². The van der Waals surface area contributed by atoms with Crippen molar-refractivity contribution in [2.45, 2.75) is 6.54 Å². The van der Waals surface area contributed by atoms with Crippen molar-refractivity contribution in [3.8, 4) is 11.3 Å². The van der Waals surface area contributed by atoms with E-state index in [9.17, 15) is 4.39 Å². The van der Waals surface area contributed by atoms with Gasteiger partial charge in [0, 0.05) is 30.7 Å². The zero-order chi connectivity index (χ0) is 17.9. The van der Waals surface area contributed by atoms with Crippen molar-refractivity contribution in [3.05, 3.63) is 72.6 Å². The van der Waals surface area contributed by atoms with E-state index in [1.54, 1.807) is 24.5 Å². The molecule has 0 saturated carbocycles. The van der Waals surface area contributed by atoms with Crippen LogP contribution in [0.4, 0.5) is 16.0 Å². The van der Waals surface area contributed by atoms with E-state index in [1.807, 2.05) is 28.9 Å². The lowest BCUT2D eigenvalue weighted by Gasteiger charge is -2.12. The second kappa shape index (κ2) is 6.77. The van der Waals surface area contributed by atoms with Crippen LogP contribution in [-0.2, 0) is 6.54 Å². The molecule has 7 nitrogen and oxygen atoms in total. The molecule has 3 heterocycles. The van der Waals surface area contributed by atoms with Gasteiger partial charge in [-0.25, -0.2) is 25.2 Å². The molecule has 0 spiro atoms. The van der Waals surface area contributed by atoms with E-state index in [0.717, 1.165) is 16.8 Å². The fourth-order valence-electron chi connectivity index (χ4n) is 2.63. The van der Waals surface area contributed by atoms with Crippen LogP contribution in [0.1, 0.15) is 5.56 Å². The molecule has 130 valence electrons. The van der Waals surface area contributed by atoms with Crippen molar-refractivity contribution in [3.63, 3.8) is 0 Å².